The van der Waals surface area contributed by atoms with Crippen LogP contribution in [0.5, 0.6) is 5.75 Å². The highest BCUT2D eigenvalue weighted by molar-refractivity contribution is 5.67. The Labute approximate surface area is 207 Å². The fraction of sp³-hybridized carbons (Fsp3) is 0.469. The van der Waals surface area contributed by atoms with Crippen molar-refractivity contribution in [3.8, 4) is 28.1 Å². The van der Waals surface area contributed by atoms with Gasteiger partial charge in [-0.2, -0.15) is 0 Å². The van der Waals surface area contributed by atoms with E-state index in [0.717, 1.165) is 36.0 Å². The zero-order valence-electron chi connectivity index (χ0n) is 21.6. The minimum atomic E-state index is 0.799. The van der Waals surface area contributed by atoms with Gasteiger partial charge in [0.2, 0.25) is 0 Å². The van der Waals surface area contributed by atoms with Gasteiger partial charge in [0.25, 0.3) is 0 Å². The average molecular weight is 458 g/mol. The molecule has 1 heterocycles. The molecule has 34 heavy (non-hydrogen) atoms. The van der Waals surface area contributed by atoms with E-state index in [2.05, 4.69) is 81.4 Å². The summed E-state index contributed by atoms with van der Waals surface area (Å²) in [7, 11) is 0. The second kappa shape index (κ2) is 14.6. The van der Waals surface area contributed by atoms with E-state index < -0.39 is 0 Å². The summed E-state index contributed by atoms with van der Waals surface area (Å²) in [4.78, 5) is 4.73. The molecule has 2 nitrogen and oxygen atoms in total. The second-order valence-electron chi connectivity index (χ2n) is 9.68. The summed E-state index contributed by atoms with van der Waals surface area (Å²) in [6.07, 6.45) is 14.7. The number of unbranched alkanes of at least 4 members (excludes halogenated alkanes) is 5. The summed E-state index contributed by atoms with van der Waals surface area (Å²) >= 11 is 0. The Morgan fingerprint density at radius 2 is 1.41 bits per heavy atom. The molecule has 3 rings (SSSR count). The lowest BCUT2D eigenvalue weighted by atomic mass is 10.0. The van der Waals surface area contributed by atoms with Gasteiger partial charge in [0.1, 0.15) is 5.75 Å². The number of pyridine rings is 1. The Kier molecular flexibility index (Phi) is 11.2. The zero-order chi connectivity index (χ0) is 24.0. The van der Waals surface area contributed by atoms with E-state index in [1.54, 1.807) is 0 Å². The third-order valence-corrected chi connectivity index (χ3v) is 6.83. The largest absolute Gasteiger partial charge is 0.494 e. The number of hydrogen-bond donors (Lipinski definition) is 0. The maximum Gasteiger partial charge on any atom is 0.119 e. The Balaban J connectivity index is 1.46. The fourth-order valence-electron chi connectivity index (χ4n) is 4.24. The summed E-state index contributed by atoms with van der Waals surface area (Å²) in [5.74, 6) is 1.80. The second-order valence-corrected chi connectivity index (χ2v) is 9.68. The van der Waals surface area contributed by atoms with Crippen LogP contribution in [-0.2, 0) is 6.42 Å². The highest BCUT2D eigenvalue weighted by Gasteiger charge is 2.04. The van der Waals surface area contributed by atoms with Crippen molar-refractivity contribution in [1.82, 2.24) is 4.98 Å². The molecule has 0 fully saturated rings. The zero-order valence-corrected chi connectivity index (χ0v) is 21.6. The minimum absolute atomic E-state index is 0.799. The smallest absolute Gasteiger partial charge is 0.119 e. The fourth-order valence-corrected chi connectivity index (χ4v) is 4.24. The molecular formula is C32H43NO. The molecule has 1 aromatic heterocycles. The Morgan fingerprint density at radius 1 is 0.706 bits per heavy atom. The van der Waals surface area contributed by atoms with E-state index in [-0.39, 0.29) is 0 Å². The van der Waals surface area contributed by atoms with Gasteiger partial charge in [-0.1, -0.05) is 108 Å². The highest BCUT2D eigenvalue weighted by Crippen LogP contribution is 2.25. The van der Waals surface area contributed by atoms with Crippen LogP contribution in [0.3, 0.4) is 0 Å². The molecular weight excluding hydrogens is 414 g/mol. The van der Waals surface area contributed by atoms with Crippen LogP contribution >= 0.6 is 0 Å². The van der Waals surface area contributed by atoms with Gasteiger partial charge in [-0.05, 0) is 54.5 Å². The number of aryl methyl sites for hydroxylation is 1. The normalized spacial score (nSPS) is 12.0. The number of aromatic nitrogens is 1. The topological polar surface area (TPSA) is 22.1 Å². The molecule has 0 saturated carbocycles. The Morgan fingerprint density at radius 3 is 2.09 bits per heavy atom. The molecule has 0 unspecified atom stereocenters. The third kappa shape index (κ3) is 8.63. The maximum absolute atomic E-state index is 5.94. The van der Waals surface area contributed by atoms with Gasteiger partial charge in [0.15, 0.2) is 0 Å². The number of rotatable bonds is 15. The van der Waals surface area contributed by atoms with Gasteiger partial charge >= 0.3 is 0 Å². The molecule has 0 aliphatic carbocycles. The summed E-state index contributed by atoms with van der Waals surface area (Å²) in [6.45, 7) is 7.67. The molecule has 3 aromatic rings. The Hall–Kier alpha value is -2.61. The number of benzene rings is 2. The molecule has 0 N–H and O–H groups in total. The molecule has 0 radical (unpaired) electrons. The predicted octanol–water partition coefficient (Wildman–Crippen LogP) is 9.52. The van der Waals surface area contributed by atoms with E-state index in [1.165, 1.54) is 74.5 Å². The Bertz CT molecular complexity index is 928. The standard InChI is InChI=1S/C32H43NO/c1-4-6-7-10-13-27-14-16-29(17-15-27)32-23-20-30(25-33-32)28-18-21-31(22-19-28)34-24-11-8-9-12-26(3)5-2/h14-23,25-26H,4-13,24H2,1-3H3/t26-/m0/s1. The van der Waals surface area contributed by atoms with Gasteiger partial charge in [0, 0.05) is 17.3 Å². The summed E-state index contributed by atoms with van der Waals surface area (Å²) in [5, 5.41) is 0. The van der Waals surface area contributed by atoms with E-state index in [4.69, 9.17) is 9.72 Å². The lowest BCUT2D eigenvalue weighted by Gasteiger charge is -2.09. The minimum Gasteiger partial charge on any atom is -0.494 e. The average Bonchev–Trinajstić information content (AvgIpc) is 2.89. The van der Waals surface area contributed by atoms with Crippen LogP contribution < -0.4 is 4.74 Å². The molecule has 0 bridgehead atoms. The van der Waals surface area contributed by atoms with E-state index in [9.17, 15) is 0 Å². The van der Waals surface area contributed by atoms with Crippen molar-refractivity contribution >= 4 is 0 Å². The quantitative estimate of drug-likeness (QED) is 0.212. The number of ether oxygens (including phenoxy) is 1. The van der Waals surface area contributed by atoms with Gasteiger partial charge < -0.3 is 4.74 Å². The third-order valence-electron chi connectivity index (χ3n) is 6.83. The van der Waals surface area contributed by atoms with Crippen molar-refractivity contribution in [2.45, 2.75) is 85.0 Å². The van der Waals surface area contributed by atoms with Crippen molar-refractivity contribution < 1.29 is 4.74 Å². The molecule has 1 atom stereocenters. The highest BCUT2D eigenvalue weighted by atomic mass is 16.5. The first-order valence-electron chi connectivity index (χ1n) is 13.5. The monoisotopic (exact) mass is 457 g/mol. The van der Waals surface area contributed by atoms with Gasteiger partial charge in [-0.3, -0.25) is 4.98 Å². The molecule has 0 aliphatic rings. The van der Waals surface area contributed by atoms with E-state index >= 15 is 0 Å². The van der Waals surface area contributed by atoms with Crippen LogP contribution in [0.25, 0.3) is 22.4 Å². The predicted molar refractivity (Wildman–Crippen MR) is 146 cm³/mol. The first-order valence-corrected chi connectivity index (χ1v) is 13.5. The van der Waals surface area contributed by atoms with Gasteiger partial charge in [-0.25, -0.2) is 0 Å². The molecule has 2 heteroatoms. The van der Waals surface area contributed by atoms with Crippen LogP contribution in [0.2, 0.25) is 0 Å². The molecule has 0 saturated heterocycles. The number of nitrogens with zero attached hydrogens (tertiary/aromatic N) is 1. The van der Waals surface area contributed by atoms with Crippen LogP contribution in [0.4, 0.5) is 0 Å². The molecule has 0 aliphatic heterocycles. The van der Waals surface area contributed by atoms with Crippen molar-refractivity contribution in [1.29, 1.82) is 0 Å². The maximum atomic E-state index is 5.94. The first-order chi connectivity index (χ1) is 16.7. The van der Waals surface area contributed by atoms with Crippen molar-refractivity contribution in [2.24, 2.45) is 5.92 Å². The van der Waals surface area contributed by atoms with Crippen molar-refractivity contribution in [2.75, 3.05) is 6.61 Å². The van der Waals surface area contributed by atoms with Crippen LogP contribution in [0, 0.1) is 5.92 Å². The first kappa shape index (κ1) is 26.0. The SMILES string of the molecule is CCCCCCc1ccc(-c2ccc(-c3ccc(OCCCCC[C@@H](C)CC)cc3)cn2)cc1. The van der Waals surface area contributed by atoms with Crippen LogP contribution in [0.1, 0.15) is 84.1 Å². The molecule has 0 amide bonds. The van der Waals surface area contributed by atoms with E-state index in [1.807, 2.05) is 6.20 Å². The molecule has 2 aromatic carbocycles. The van der Waals surface area contributed by atoms with Crippen LogP contribution in [0.15, 0.2) is 66.9 Å². The van der Waals surface area contributed by atoms with E-state index in [0.29, 0.717) is 0 Å². The van der Waals surface area contributed by atoms with Crippen molar-refractivity contribution in [3.05, 3.63) is 72.4 Å². The van der Waals surface area contributed by atoms with Crippen LogP contribution in [-0.4, -0.2) is 11.6 Å². The van der Waals surface area contributed by atoms with Gasteiger partial charge in [0.05, 0.1) is 12.3 Å². The summed E-state index contributed by atoms with van der Waals surface area (Å²) in [5.41, 5.74) is 5.92. The summed E-state index contributed by atoms with van der Waals surface area (Å²) < 4.78 is 5.94. The summed E-state index contributed by atoms with van der Waals surface area (Å²) in [6, 6.07) is 21.6. The molecule has 182 valence electrons. The lowest BCUT2D eigenvalue weighted by Crippen LogP contribution is -1.98. The number of hydrogen-bond acceptors (Lipinski definition) is 2. The molecule has 0 spiro atoms. The van der Waals surface area contributed by atoms with Crippen molar-refractivity contribution in [3.63, 3.8) is 0 Å². The van der Waals surface area contributed by atoms with Gasteiger partial charge in [-0.15, -0.1) is 0 Å². The lowest BCUT2D eigenvalue weighted by molar-refractivity contribution is 0.302.